The van der Waals surface area contributed by atoms with Gasteiger partial charge in [0, 0.05) is 19.7 Å². The zero-order valence-corrected chi connectivity index (χ0v) is 12.0. The van der Waals surface area contributed by atoms with Crippen LogP contribution in [0, 0.1) is 0 Å². The van der Waals surface area contributed by atoms with Gasteiger partial charge in [-0.15, -0.1) is 0 Å². The van der Waals surface area contributed by atoms with Crippen LogP contribution < -0.4 is 4.90 Å². The molecule has 0 saturated carbocycles. The molecular weight excluding hydrogens is 284 g/mol. The van der Waals surface area contributed by atoms with E-state index in [9.17, 15) is 4.79 Å². The SMILES string of the molecule is CN(C(=O)CCS)c1cn(-c2cccnc2)nc1Cl. The lowest BCUT2D eigenvalue weighted by atomic mass is 10.4. The average Bonchev–Trinajstić information content (AvgIpc) is 2.81. The number of aromatic nitrogens is 3. The van der Waals surface area contributed by atoms with Crippen molar-refractivity contribution < 1.29 is 4.79 Å². The van der Waals surface area contributed by atoms with Crippen molar-refractivity contribution in [3.05, 3.63) is 35.9 Å². The number of thiol groups is 1. The van der Waals surface area contributed by atoms with Crippen molar-refractivity contribution in [2.75, 3.05) is 17.7 Å². The molecule has 2 aromatic heterocycles. The minimum absolute atomic E-state index is 0.0531. The van der Waals surface area contributed by atoms with E-state index in [1.807, 2.05) is 6.07 Å². The first-order valence-electron chi connectivity index (χ1n) is 5.66. The van der Waals surface area contributed by atoms with Gasteiger partial charge in [0.15, 0.2) is 5.15 Å². The summed E-state index contributed by atoms with van der Waals surface area (Å²) in [6.07, 6.45) is 5.41. The Morgan fingerprint density at radius 1 is 1.58 bits per heavy atom. The van der Waals surface area contributed by atoms with Gasteiger partial charge in [-0.2, -0.15) is 17.7 Å². The number of hydrogen-bond donors (Lipinski definition) is 1. The second-order valence-electron chi connectivity index (χ2n) is 3.89. The van der Waals surface area contributed by atoms with Gasteiger partial charge in [0.2, 0.25) is 5.91 Å². The van der Waals surface area contributed by atoms with E-state index in [0.29, 0.717) is 17.9 Å². The number of hydrogen-bond acceptors (Lipinski definition) is 4. The number of carbonyl (C=O) groups is 1. The molecule has 0 radical (unpaired) electrons. The van der Waals surface area contributed by atoms with Gasteiger partial charge in [0.25, 0.3) is 0 Å². The van der Waals surface area contributed by atoms with E-state index in [1.54, 1.807) is 36.4 Å². The Bertz CT molecular complexity index is 572. The predicted molar refractivity (Wildman–Crippen MR) is 78.2 cm³/mol. The van der Waals surface area contributed by atoms with Crippen LogP contribution in [0.5, 0.6) is 0 Å². The summed E-state index contributed by atoms with van der Waals surface area (Å²) in [4.78, 5) is 17.3. The minimum atomic E-state index is -0.0531. The molecular formula is C12H13ClN4OS. The molecule has 0 atom stereocenters. The number of nitrogens with zero attached hydrogens (tertiary/aromatic N) is 4. The highest BCUT2D eigenvalue weighted by molar-refractivity contribution is 7.80. The summed E-state index contributed by atoms with van der Waals surface area (Å²) in [5.74, 6) is 0.444. The van der Waals surface area contributed by atoms with Crippen LogP contribution in [0.15, 0.2) is 30.7 Å². The van der Waals surface area contributed by atoms with Crippen molar-refractivity contribution in [1.82, 2.24) is 14.8 Å². The number of halogens is 1. The molecule has 0 fully saturated rings. The van der Waals surface area contributed by atoms with Gasteiger partial charge in [-0.1, -0.05) is 11.6 Å². The van der Waals surface area contributed by atoms with Crippen LogP contribution in [0.4, 0.5) is 5.69 Å². The molecule has 0 spiro atoms. The summed E-state index contributed by atoms with van der Waals surface area (Å²) in [6, 6.07) is 3.66. The fourth-order valence-corrected chi connectivity index (χ4v) is 2.04. The van der Waals surface area contributed by atoms with Crippen LogP contribution in [-0.2, 0) is 4.79 Å². The first-order chi connectivity index (χ1) is 9.13. The molecule has 100 valence electrons. The lowest BCUT2D eigenvalue weighted by molar-refractivity contribution is -0.117. The zero-order valence-electron chi connectivity index (χ0n) is 10.3. The fourth-order valence-electron chi connectivity index (χ4n) is 1.59. The Labute approximate surface area is 121 Å². The van der Waals surface area contributed by atoms with Crippen molar-refractivity contribution in [3.63, 3.8) is 0 Å². The maximum Gasteiger partial charge on any atom is 0.227 e. The molecule has 0 aliphatic heterocycles. The van der Waals surface area contributed by atoms with Gasteiger partial charge < -0.3 is 4.90 Å². The van der Waals surface area contributed by atoms with Crippen molar-refractivity contribution >= 4 is 35.8 Å². The molecule has 2 aromatic rings. The molecule has 2 rings (SSSR count). The monoisotopic (exact) mass is 296 g/mol. The Balaban J connectivity index is 2.29. The maximum absolute atomic E-state index is 11.8. The maximum atomic E-state index is 11.8. The Kier molecular flexibility index (Phi) is 4.44. The van der Waals surface area contributed by atoms with E-state index in [4.69, 9.17) is 11.6 Å². The van der Waals surface area contributed by atoms with E-state index in [0.717, 1.165) is 5.69 Å². The highest BCUT2D eigenvalue weighted by Crippen LogP contribution is 2.25. The lowest BCUT2D eigenvalue weighted by Gasteiger charge is -2.14. The topological polar surface area (TPSA) is 51.0 Å². The van der Waals surface area contributed by atoms with Gasteiger partial charge in [0.1, 0.15) is 5.69 Å². The number of anilines is 1. The molecule has 0 aromatic carbocycles. The van der Waals surface area contributed by atoms with E-state index >= 15 is 0 Å². The fraction of sp³-hybridized carbons (Fsp3) is 0.250. The highest BCUT2D eigenvalue weighted by atomic mass is 35.5. The van der Waals surface area contributed by atoms with Crippen LogP contribution in [0.2, 0.25) is 5.15 Å². The highest BCUT2D eigenvalue weighted by Gasteiger charge is 2.17. The van der Waals surface area contributed by atoms with Crippen molar-refractivity contribution in [2.24, 2.45) is 0 Å². The second-order valence-corrected chi connectivity index (χ2v) is 4.69. The standard InChI is InChI=1S/C12H13ClN4OS/c1-16(11(18)4-6-19)10-8-17(15-12(10)13)9-3-2-5-14-7-9/h2-3,5,7-8,19H,4,6H2,1H3. The minimum Gasteiger partial charge on any atom is -0.311 e. The van der Waals surface area contributed by atoms with Gasteiger partial charge in [0.05, 0.1) is 18.1 Å². The summed E-state index contributed by atoms with van der Waals surface area (Å²) in [5, 5.41) is 4.45. The van der Waals surface area contributed by atoms with Crippen molar-refractivity contribution in [2.45, 2.75) is 6.42 Å². The van der Waals surface area contributed by atoms with Gasteiger partial charge in [-0.25, -0.2) is 4.68 Å². The first-order valence-corrected chi connectivity index (χ1v) is 6.67. The summed E-state index contributed by atoms with van der Waals surface area (Å²) in [7, 11) is 1.67. The summed E-state index contributed by atoms with van der Waals surface area (Å²) < 4.78 is 1.59. The number of carbonyl (C=O) groups excluding carboxylic acids is 1. The summed E-state index contributed by atoms with van der Waals surface area (Å²) in [5.41, 5.74) is 1.35. The molecule has 2 heterocycles. The third kappa shape index (κ3) is 3.08. The molecule has 7 heteroatoms. The quantitative estimate of drug-likeness (QED) is 0.880. The van der Waals surface area contributed by atoms with Crippen molar-refractivity contribution in [3.8, 4) is 5.69 Å². The van der Waals surface area contributed by atoms with Crippen molar-refractivity contribution in [1.29, 1.82) is 0 Å². The van der Waals surface area contributed by atoms with E-state index in [2.05, 4.69) is 22.7 Å². The molecule has 0 saturated heterocycles. The normalized spacial score (nSPS) is 10.5. The summed E-state index contributed by atoms with van der Waals surface area (Å²) in [6.45, 7) is 0. The Morgan fingerprint density at radius 2 is 2.37 bits per heavy atom. The van der Waals surface area contributed by atoms with Crippen LogP contribution in [0.25, 0.3) is 5.69 Å². The lowest BCUT2D eigenvalue weighted by Crippen LogP contribution is -2.26. The molecule has 5 nitrogen and oxygen atoms in total. The van der Waals surface area contributed by atoms with Gasteiger partial charge in [-0.05, 0) is 17.9 Å². The van der Waals surface area contributed by atoms with Crippen LogP contribution in [0.3, 0.4) is 0 Å². The van der Waals surface area contributed by atoms with E-state index in [1.165, 1.54) is 4.90 Å². The van der Waals surface area contributed by atoms with Gasteiger partial charge >= 0.3 is 0 Å². The molecule has 0 aliphatic carbocycles. The molecule has 0 bridgehead atoms. The molecule has 1 amide bonds. The second kappa shape index (κ2) is 6.08. The molecule has 0 unspecified atom stereocenters. The largest absolute Gasteiger partial charge is 0.311 e. The molecule has 19 heavy (non-hydrogen) atoms. The third-order valence-corrected chi connectivity index (χ3v) is 3.12. The average molecular weight is 297 g/mol. The van der Waals surface area contributed by atoms with E-state index < -0.39 is 0 Å². The van der Waals surface area contributed by atoms with E-state index in [-0.39, 0.29) is 11.1 Å². The van der Waals surface area contributed by atoms with Gasteiger partial charge in [-0.3, -0.25) is 9.78 Å². The Morgan fingerprint density at radius 3 is 3.00 bits per heavy atom. The number of rotatable bonds is 4. The molecule has 0 aliphatic rings. The summed E-state index contributed by atoms with van der Waals surface area (Å²) >= 11 is 10.1. The Hall–Kier alpha value is -1.53. The smallest absolute Gasteiger partial charge is 0.227 e. The molecule has 0 N–H and O–H groups in total. The first kappa shape index (κ1) is 13.9. The zero-order chi connectivity index (χ0) is 13.8. The van der Waals surface area contributed by atoms with Crippen LogP contribution >= 0.6 is 24.2 Å². The number of amides is 1. The van der Waals surface area contributed by atoms with Crippen LogP contribution in [-0.4, -0.2) is 33.5 Å². The third-order valence-electron chi connectivity index (χ3n) is 2.62. The number of pyridine rings is 1. The van der Waals surface area contributed by atoms with Crippen LogP contribution in [0.1, 0.15) is 6.42 Å². The predicted octanol–water partition coefficient (Wildman–Crippen LogP) is 2.20.